The van der Waals surface area contributed by atoms with Crippen molar-refractivity contribution in [2.75, 3.05) is 10.9 Å². The number of aromatic nitrogens is 4. The van der Waals surface area contributed by atoms with Gasteiger partial charge in [-0.25, -0.2) is 18.9 Å². The molecule has 0 spiro atoms. The molecule has 1 atom stereocenters. The van der Waals surface area contributed by atoms with E-state index in [1.807, 2.05) is 0 Å². The molecule has 4 aromatic rings. The molecule has 0 aliphatic heterocycles. The molecule has 2 aromatic heterocycles. The molecule has 0 amide bonds. The Morgan fingerprint density at radius 1 is 1.14 bits per heavy atom. The van der Waals surface area contributed by atoms with Gasteiger partial charge in [-0.05, 0) is 25.1 Å². The Balaban J connectivity index is 1.88. The van der Waals surface area contributed by atoms with Gasteiger partial charge in [0.05, 0.1) is 22.3 Å². The van der Waals surface area contributed by atoms with Gasteiger partial charge < -0.3 is 23.7 Å². The van der Waals surface area contributed by atoms with Gasteiger partial charge in [-0.1, -0.05) is 6.07 Å². The summed E-state index contributed by atoms with van der Waals surface area (Å²) in [5.41, 5.74) is 0.836. The van der Waals surface area contributed by atoms with Crippen molar-refractivity contribution in [3.05, 3.63) is 58.9 Å². The predicted octanol–water partition coefficient (Wildman–Crippen LogP) is 2.11. The number of fused-ring (bicyclic) bond motifs is 1. The lowest BCUT2D eigenvalue weighted by molar-refractivity contribution is -0.139. The number of anilines is 2. The molecule has 0 aliphatic carbocycles. The van der Waals surface area contributed by atoms with Crippen LogP contribution in [-0.4, -0.2) is 45.1 Å². The number of carboxylic acid groups (broad SMARTS) is 1. The Labute approximate surface area is 202 Å². The van der Waals surface area contributed by atoms with Gasteiger partial charge in [0, 0.05) is 39.5 Å². The van der Waals surface area contributed by atoms with Crippen molar-refractivity contribution in [3.63, 3.8) is 0 Å². The number of aliphatic carboxylic acids is 1. The fraction of sp³-hybridized carbons (Fsp3) is 0.227. The highest BCUT2D eigenvalue weighted by molar-refractivity contribution is 7.81. The summed E-state index contributed by atoms with van der Waals surface area (Å²) in [7, 11) is 4.92. The molecular formula is C22H22N5O7S-. The number of benzene rings is 2. The number of rotatable bonds is 8. The van der Waals surface area contributed by atoms with Crippen LogP contribution in [0, 0.1) is 6.92 Å². The Hall–Kier alpha value is -4.10. The second-order valence-corrected chi connectivity index (χ2v) is 8.54. The number of carbonyl (C=O) groups is 1. The molecule has 35 heavy (non-hydrogen) atoms. The Bertz CT molecular complexity index is 1500. The highest BCUT2D eigenvalue weighted by atomic mass is 32.2. The molecule has 13 heteroatoms. The third-order valence-electron chi connectivity index (χ3n) is 5.42. The summed E-state index contributed by atoms with van der Waals surface area (Å²) in [6.07, 6.45) is 1.56. The van der Waals surface area contributed by atoms with E-state index in [9.17, 15) is 18.4 Å². The maximum absolute atomic E-state index is 12.5. The zero-order valence-corrected chi connectivity index (χ0v) is 20.1. The normalized spacial score (nSPS) is 12.0. The second-order valence-electron chi connectivity index (χ2n) is 7.74. The van der Waals surface area contributed by atoms with Crippen molar-refractivity contribution in [1.82, 2.24) is 18.7 Å². The molecule has 1 N–H and O–H groups in total. The summed E-state index contributed by atoms with van der Waals surface area (Å²) in [6, 6.07) is 9.35. The van der Waals surface area contributed by atoms with Crippen molar-refractivity contribution in [2.24, 2.45) is 21.1 Å². The maximum atomic E-state index is 12.5. The monoisotopic (exact) mass is 500 g/mol. The average Bonchev–Trinajstić information content (AvgIpc) is 3.23. The molecule has 0 bridgehead atoms. The van der Waals surface area contributed by atoms with Crippen LogP contribution in [-0.2, 0) is 37.2 Å². The van der Waals surface area contributed by atoms with E-state index in [1.165, 1.54) is 21.3 Å². The van der Waals surface area contributed by atoms with Gasteiger partial charge in [-0.15, -0.1) is 0 Å². The number of carboxylic acids is 1. The van der Waals surface area contributed by atoms with Gasteiger partial charge in [-0.2, -0.15) is 0 Å². The number of aryl methyl sites for hydroxylation is 4. The van der Waals surface area contributed by atoms with Crippen molar-refractivity contribution < 1.29 is 28.1 Å². The number of hydrogen-bond acceptors (Lipinski definition) is 7. The highest BCUT2D eigenvalue weighted by Gasteiger charge is 2.23. The molecule has 2 aromatic carbocycles. The first-order valence-electron chi connectivity index (χ1n) is 10.3. The Morgan fingerprint density at radius 3 is 2.40 bits per heavy atom. The van der Waals surface area contributed by atoms with Gasteiger partial charge in [0.1, 0.15) is 23.0 Å². The van der Waals surface area contributed by atoms with E-state index in [0.29, 0.717) is 16.9 Å². The molecular weight excluding hydrogens is 478 g/mol. The summed E-state index contributed by atoms with van der Waals surface area (Å²) >= 11 is -2.79. The molecule has 0 saturated heterocycles. The first kappa shape index (κ1) is 24.0. The van der Waals surface area contributed by atoms with E-state index in [0.717, 1.165) is 4.31 Å². The third-order valence-corrected chi connectivity index (χ3v) is 6.10. The van der Waals surface area contributed by atoms with Crippen LogP contribution in [0.4, 0.5) is 11.5 Å². The first-order valence-corrected chi connectivity index (χ1v) is 11.3. The van der Waals surface area contributed by atoms with Crippen LogP contribution in [0.1, 0.15) is 5.82 Å². The second kappa shape index (κ2) is 9.27. The summed E-state index contributed by atoms with van der Waals surface area (Å²) in [4.78, 5) is 27.7. The van der Waals surface area contributed by atoms with Crippen molar-refractivity contribution in [2.45, 2.75) is 6.92 Å². The number of ether oxygens (including phenoxy) is 2. The molecule has 184 valence electrons. The molecule has 0 radical (unpaired) electrons. The minimum absolute atomic E-state index is 0.126. The minimum atomic E-state index is -2.79. The first-order chi connectivity index (χ1) is 16.6. The summed E-state index contributed by atoms with van der Waals surface area (Å²) < 4.78 is 41.5. The zero-order valence-electron chi connectivity index (χ0n) is 19.3. The van der Waals surface area contributed by atoms with Crippen LogP contribution in [0.3, 0.4) is 0 Å². The third kappa shape index (κ3) is 4.63. The summed E-state index contributed by atoms with van der Waals surface area (Å²) in [5.74, 6) is 0.249. The minimum Gasteiger partial charge on any atom is -0.755 e. The summed E-state index contributed by atoms with van der Waals surface area (Å²) in [5, 5.41) is 8.85. The number of nitrogens with zero attached hydrogens (tertiary/aromatic N) is 5. The van der Waals surface area contributed by atoms with Crippen LogP contribution in [0.5, 0.6) is 17.2 Å². The molecule has 4 rings (SSSR count). The van der Waals surface area contributed by atoms with Gasteiger partial charge in [0.15, 0.2) is 18.2 Å². The zero-order chi connectivity index (χ0) is 25.4. The highest BCUT2D eigenvalue weighted by Crippen LogP contribution is 2.40. The lowest BCUT2D eigenvalue weighted by Gasteiger charge is -2.26. The lowest BCUT2D eigenvalue weighted by Crippen LogP contribution is -2.21. The van der Waals surface area contributed by atoms with Gasteiger partial charge in [0.25, 0.3) is 0 Å². The van der Waals surface area contributed by atoms with Crippen LogP contribution in [0.2, 0.25) is 0 Å². The average molecular weight is 501 g/mol. The molecule has 0 saturated carbocycles. The van der Waals surface area contributed by atoms with Gasteiger partial charge >= 0.3 is 11.7 Å². The van der Waals surface area contributed by atoms with Crippen LogP contribution in [0.25, 0.3) is 11.0 Å². The number of hydrogen-bond donors (Lipinski definition) is 1. The van der Waals surface area contributed by atoms with Crippen molar-refractivity contribution >= 4 is 39.8 Å². The lowest BCUT2D eigenvalue weighted by atomic mass is 10.2. The van der Waals surface area contributed by atoms with Gasteiger partial charge in [0.2, 0.25) is 0 Å². The van der Waals surface area contributed by atoms with Crippen LogP contribution < -0.4 is 19.5 Å². The molecule has 0 fully saturated rings. The molecule has 1 unspecified atom stereocenters. The number of imidazole rings is 2. The fourth-order valence-electron chi connectivity index (χ4n) is 3.57. The Kier molecular flexibility index (Phi) is 6.37. The topological polar surface area (TPSA) is 144 Å². The van der Waals surface area contributed by atoms with Crippen LogP contribution in [0.15, 0.2) is 47.4 Å². The van der Waals surface area contributed by atoms with E-state index in [1.54, 1.807) is 63.1 Å². The van der Waals surface area contributed by atoms with E-state index >= 15 is 0 Å². The van der Waals surface area contributed by atoms with E-state index < -0.39 is 23.8 Å². The van der Waals surface area contributed by atoms with Crippen molar-refractivity contribution in [1.29, 1.82) is 0 Å². The smallest absolute Gasteiger partial charge is 0.341 e. The molecule has 12 nitrogen and oxygen atoms in total. The van der Waals surface area contributed by atoms with Gasteiger partial charge in [-0.3, -0.25) is 13.3 Å². The maximum Gasteiger partial charge on any atom is 0.341 e. The van der Waals surface area contributed by atoms with Crippen molar-refractivity contribution in [3.8, 4) is 17.2 Å². The molecule has 2 heterocycles. The largest absolute Gasteiger partial charge is 0.755 e. The molecule has 0 aliphatic rings. The standard InChI is InChI=1S/C22H23N5O7S/c1-13-23-20(11-24(13)2)27(35(31)32)18-9-16-17(26(4)22(30)25(16)3)10-19(18)34-15-7-5-6-14(8-15)33-12-21(28)29/h5-11H,12H2,1-4H3,(H,28,29)(H,31,32)/p-1. The van der Waals surface area contributed by atoms with E-state index in [-0.39, 0.29) is 34.4 Å². The van der Waals surface area contributed by atoms with E-state index in [4.69, 9.17) is 14.6 Å². The van der Waals surface area contributed by atoms with E-state index in [2.05, 4.69) is 4.98 Å². The fourth-order valence-corrected chi connectivity index (χ4v) is 4.12. The predicted molar refractivity (Wildman–Crippen MR) is 127 cm³/mol. The quantitative estimate of drug-likeness (QED) is 0.362. The SMILES string of the molecule is Cc1nc(N(c2cc3c(cc2Oc2cccc(OCC(=O)O)c2)n(C)c(=O)n3C)S(=O)[O-])cn1C. The van der Waals surface area contributed by atoms with Crippen LogP contribution >= 0.6 is 0 Å². The Morgan fingerprint density at radius 2 is 1.80 bits per heavy atom. The summed E-state index contributed by atoms with van der Waals surface area (Å²) in [6.45, 7) is 1.20.